The fourth-order valence-electron chi connectivity index (χ4n) is 1.32. The maximum absolute atomic E-state index is 10.9. The van der Waals surface area contributed by atoms with Gasteiger partial charge >= 0.3 is 5.97 Å². The van der Waals surface area contributed by atoms with Crippen LogP contribution in [-0.2, 0) is 6.54 Å². The second-order valence-corrected chi connectivity index (χ2v) is 6.76. The van der Waals surface area contributed by atoms with Crippen molar-refractivity contribution < 1.29 is 9.90 Å². The summed E-state index contributed by atoms with van der Waals surface area (Å²) in [6.45, 7) is 0.666. The van der Waals surface area contributed by atoms with E-state index in [-0.39, 0.29) is 10.0 Å². The number of carbonyl (C=O) groups is 1. The minimum absolute atomic E-state index is 0.0433. The summed E-state index contributed by atoms with van der Waals surface area (Å²) in [5.41, 5.74) is 0. The summed E-state index contributed by atoms with van der Waals surface area (Å²) >= 11 is 11.9. The summed E-state index contributed by atoms with van der Waals surface area (Å²) in [4.78, 5) is 18.1. The third-order valence-electron chi connectivity index (χ3n) is 2.11. The minimum Gasteiger partial charge on any atom is -0.477 e. The molecule has 18 heavy (non-hydrogen) atoms. The zero-order chi connectivity index (χ0) is 13.3. The predicted molar refractivity (Wildman–Crippen MR) is 78.2 cm³/mol. The van der Waals surface area contributed by atoms with E-state index in [1.165, 1.54) is 0 Å². The molecular formula is C10H8BrClN2O2S2. The van der Waals surface area contributed by atoms with Gasteiger partial charge in [-0.2, -0.15) is 0 Å². The molecule has 0 aliphatic carbocycles. The molecule has 0 amide bonds. The Labute approximate surface area is 125 Å². The van der Waals surface area contributed by atoms with Crippen LogP contribution in [-0.4, -0.2) is 23.1 Å². The lowest BCUT2D eigenvalue weighted by Gasteiger charge is -2.13. The molecule has 0 radical (unpaired) electrons. The van der Waals surface area contributed by atoms with Gasteiger partial charge in [0, 0.05) is 21.8 Å². The highest BCUT2D eigenvalue weighted by atomic mass is 79.9. The Morgan fingerprint density at radius 3 is 2.89 bits per heavy atom. The molecule has 2 aromatic rings. The number of hydrogen-bond acceptors (Lipinski definition) is 5. The second-order valence-electron chi connectivity index (χ2n) is 3.51. The minimum atomic E-state index is -1.05. The summed E-state index contributed by atoms with van der Waals surface area (Å²) in [5.74, 6) is -1.05. The highest BCUT2D eigenvalue weighted by molar-refractivity contribution is 9.10. The Morgan fingerprint density at radius 2 is 2.39 bits per heavy atom. The van der Waals surface area contributed by atoms with Gasteiger partial charge in [0.25, 0.3) is 0 Å². The number of rotatable bonds is 4. The summed E-state index contributed by atoms with van der Waals surface area (Å²) in [6, 6.07) is 2.02. The van der Waals surface area contributed by atoms with Gasteiger partial charge in [-0.25, -0.2) is 9.78 Å². The van der Waals surface area contributed by atoms with E-state index in [1.54, 1.807) is 11.3 Å². The third kappa shape index (κ3) is 3.03. The molecule has 4 nitrogen and oxygen atoms in total. The fourth-order valence-corrected chi connectivity index (χ4v) is 3.91. The maximum Gasteiger partial charge on any atom is 0.349 e. The van der Waals surface area contributed by atoms with Gasteiger partial charge in [-0.3, -0.25) is 0 Å². The Hall–Kier alpha value is -0.630. The Balaban J connectivity index is 2.16. The summed E-state index contributed by atoms with van der Waals surface area (Å²) in [5, 5.41) is 11.6. The van der Waals surface area contributed by atoms with Crippen LogP contribution in [0.25, 0.3) is 0 Å². The van der Waals surface area contributed by atoms with Crippen molar-refractivity contribution in [3.63, 3.8) is 0 Å². The largest absolute Gasteiger partial charge is 0.477 e. The topological polar surface area (TPSA) is 53.4 Å². The monoisotopic (exact) mass is 366 g/mol. The van der Waals surface area contributed by atoms with Crippen LogP contribution < -0.4 is 4.90 Å². The quantitative estimate of drug-likeness (QED) is 0.889. The van der Waals surface area contributed by atoms with Gasteiger partial charge in [0.2, 0.25) is 0 Å². The van der Waals surface area contributed by atoms with Crippen molar-refractivity contribution >= 4 is 61.3 Å². The maximum atomic E-state index is 10.9. The van der Waals surface area contributed by atoms with Gasteiger partial charge < -0.3 is 10.0 Å². The molecule has 0 fully saturated rings. The van der Waals surface area contributed by atoms with E-state index in [0.717, 1.165) is 20.7 Å². The first-order valence-electron chi connectivity index (χ1n) is 4.81. The average Bonchev–Trinajstić information content (AvgIpc) is 2.85. The SMILES string of the molecule is CN(Cc1cc(Br)cs1)c1nc(Cl)c(C(=O)O)s1. The molecule has 8 heteroatoms. The number of nitrogens with zero attached hydrogens (tertiary/aromatic N) is 2. The van der Waals surface area contributed by atoms with Crippen LogP contribution in [0.3, 0.4) is 0 Å². The zero-order valence-corrected chi connectivity index (χ0v) is 13.2. The van der Waals surface area contributed by atoms with E-state index >= 15 is 0 Å². The average molecular weight is 368 g/mol. The zero-order valence-electron chi connectivity index (χ0n) is 9.18. The number of carboxylic acids is 1. The molecule has 96 valence electrons. The Bertz CT molecular complexity index is 584. The first kappa shape index (κ1) is 13.8. The van der Waals surface area contributed by atoms with Crippen molar-refractivity contribution in [1.29, 1.82) is 0 Å². The number of halogens is 2. The van der Waals surface area contributed by atoms with E-state index in [2.05, 4.69) is 20.9 Å². The van der Waals surface area contributed by atoms with Crippen molar-refractivity contribution in [1.82, 2.24) is 4.98 Å². The molecule has 2 heterocycles. The third-order valence-corrected chi connectivity index (χ3v) is 5.34. The normalized spacial score (nSPS) is 10.6. The molecule has 2 rings (SSSR count). The molecule has 2 aromatic heterocycles. The van der Waals surface area contributed by atoms with Crippen LogP contribution >= 0.6 is 50.2 Å². The molecule has 0 aromatic carbocycles. The molecule has 0 spiro atoms. The molecule has 0 aliphatic rings. The molecule has 0 aliphatic heterocycles. The summed E-state index contributed by atoms with van der Waals surface area (Å²) < 4.78 is 1.04. The van der Waals surface area contributed by atoms with Crippen molar-refractivity contribution in [3.8, 4) is 0 Å². The number of carboxylic acid groups (broad SMARTS) is 1. The van der Waals surface area contributed by atoms with E-state index in [1.807, 2.05) is 23.4 Å². The standard InChI is InChI=1S/C10H8BrClN2O2S2/c1-14(3-6-2-5(11)4-17-6)10-13-8(12)7(18-10)9(15)16/h2,4H,3H2,1H3,(H,15,16). The lowest BCUT2D eigenvalue weighted by molar-refractivity contribution is 0.0702. The van der Waals surface area contributed by atoms with Crippen LogP contribution in [0.15, 0.2) is 15.9 Å². The number of thiazole rings is 1. The highest BCUT2D eigenvalue weighted by Gasteiger charge is 2.18. The van der Waals surface area contributed by atoms with Gasteiger partial charge in [-0.05, 0) is 22.0 Å². The van der Waals surface area contributed by atoms with E-state index in [9.17, 15) is 4.79 Å². The van der Waals surface area contributed by atoms with Crippen molar-refractivity contribution in [2.45, 2.75) is 6.54 Å². The predicted octanol–water partition coefficient (Wildman–Crippen LogP) is 3.96. The molecule has 0 bridgehead atoms. The van der Waals surface area contributed by atoms with Crippen LogP contribution in [0.4, 0.5) is 5.13 Å². The molecule has 1 N–H and O–H groups in total. The van der Waals surface area contributed by atoms with Crippen LogP contribution in [0, 0.1) is 0 Å². The fraction of sp³-hybridized carbons (Fsp3) is 0.200. The van der Waals surface area contributed by atoms with Crippen LogP contribution in [0.5, 0.6) is 0 Å². The highest BCUT2D eigenvalue weighted by Crippen LogP contribution is 2.30. The smallest absolute Gasteiger partial charge is 0.349 e. The van der Waals surface area contributed by atoms with Crippen molar-refractivity contribution in [3.05, 3.63) is 30.8 Å². The summed E-state index contributed by atoms with van der Waals surface area (Å²) in [6.07, 6.45) is 0. The lowest BCUT2D eigenvalue weighted by atomic mass is 10.4. The molecule has 0 saturated carbocycles. The first-order chi connectivity index (χ1) is 8.47. The number of hydrogen-bond donors (Lipinski definition) is 1. The Kier molecular flexibility index (Phi) is 4.26. The van der Waals surface area contributed by atoms with Gasteiger partial charge in [0.1, 0.15) is 0 Å². The Morgan fingerprint density at radius 1 is 1.67 bits per heavy atom. The van der Waals surface area contributed by atoms with Crippen molar-refractivity contribution in [2.75, 3.05) is 11.9 Å². The van der Waals surface area contributed by atoms with Crippen LogP contribution in [0.1, 0.15) is 14.5 Å². The van der Waals surface area contributed by atoms with Gasteiger partial charge in [-0.1, -0.05) is 22.9 Å². The van der Waals surface area contributed by atoms with Crippen LogP contribution in [0.2, 0.25) is 5.15 Å². The molecule has 0 saturated heterocycles. The van der Waals surface area contributed by atoms with E-state index in [0.29, 0.717) is 11.7 Å². The number of thiophene rings is 1. The number of aromatic carboxylic acids is 1. The number of aromatic nitrogens is 1. The van der Waals surface area contributed by atoms with E-state index in [4.69, 9.17) is 16.7 Å². The summed E-state index contributed by atoms with van der Waals surface area (Å²) in [7, 11) is 1.86. The first-order valence-corrected chi connectivity index (χ1v) is 7.67. The molecule has 0 unspecified atom stereocenters. The number of anilines is 1. The van der Waals surface area contributed by atoms with Gasteiger partial charge in [0.05, 0.1) is 6.54 Å². The van der Waals surface area contributed by atoms with E-state index < -0.39 is 5.97 Å². The van der Waals surface area contributed by atoms with Gasteiger partial charge in [-0.15, -0.1) is 11.3 Å². The lowest BCUT2D eigenvalue weighted by Crippen LogP contribution is -2.15. The molecule has 0 atom stereocenters. The molecular weight excluding hydrogens is 360 g/mol. The second kappa shape index (κ2) is 5.56. The van der Waals surface area contributed by atoms with Gasteiger partial charge in [0.15, 0.2) is 15.2 Å². The van der Waals surface area contributed by atoms with Crippen molar-refractivity contribution in [2.24, 2.45) is 0 Å².